The molecular weight excluding hydrogens is 334 g/mol. The van der Waals surface area contributed by atoms with Gasteiger partial charge in [-0.15, -0.1) is 0 Å². The summed E-state index contributed by atoms with van der Waals surface area (Å²) in [6, 6.07) is 7.74. The average molecular weight is 361 g/mol. The highest BCUT2D eigenvalue weighted by Gasteiger charge is 2.23. The minimum atomic E-state index is -0.195. The van der Waals surface area contributed by atoms with Gasteiger partial charge < -0.3 is 24.6 Å². The number of hydrogen-bond donors (Lipinski definition) is 1. The van der Waals surface area contributed by atoms with E-state index in [-0.39, 0.29) is 24.5 Å². The van der Waals surface area contributed by atoms with Gasteiger partial charge in [0.1, 0.15) is 0 Å². The van der Waals surface area contributed by atoms with Crippen LogP contribution in [0, 0.1) is 0 Å². The van der Waals surface area contributed by atoms with Gasteiger partial charge in [-0.25, -0.2) is 0 Å². The normalized spacial score (nSPS) is 20.0. The summed E-state index contributed by atoms with van der Waals surface area (Å²) in [5.41, 5.74) is 1.75. The van der Waals surface area contributed by atoms with Crippen LogP contribution in [0.2, 0.25) is 0 Å². The number of benzene rings is 1. The van der Waals surface area contributed by atoms with Crippen LogP contribution in [0.1, 0.15) is 19.8 Å². The van der Waals surface area contributed by atoms with Gasteiger partial charge >= 0.3 is 0 Å². The van der Waals surface area contributed by atoms with E-state index in [1.54, 1.807) is 4.90 Å². The van der Waals surface area contributed by atoms with Gasteiger partial charge in [0.2, 0.25) is 11.8 Å². The van der Waals surface area contributed by atoms with Crippen LogP contribution in [0.25, 0.3) is 0 Å². The second-order valence-electron chi connectivity index (χ2n) is 6.70. The second kappa shape index (κ2) is 9.00. The molecule has 1 aromatic carbocycles. The molecule has 0 bridgehead atoms. The molecule has 0 aliphatic carbocycles. The first-order valence-corrected chi connectivity index (χ1v) is 9.22. The number of amides is 2. The Morgan fingerprint density at radius 3 is 2.69 bits per heavy atom. The van der Waals surface area contributed by atoms with Gasteiger partial charge in [0.25, 0.3) is 0 Å². The van der Waals surface area contributed by atoms with Gasteiger partial charge in [-0.05, 0) is 25.0 Å². The zero-order valence-electron chi connectivity index (χ0n) is 15.3. The van der Waals surface area contributed by atoms with Crippen molar-refractivity contribution < 1.29 is 19.1 Å². The standard InChI is InChI=1S/C19H27N3O4/c1-15(23)22(13-16-5-4-10-26-16)14-19(24)20-17-6-2-3-7-18(17)21-8-11-25-12-9-21/h2-3,6-7,16H,4-5,8-14H2,1H3,(H,20,24). The minimum absolute atomic E-state index is 0.0344. The highest BCUT2D eigenvalue weighted by molar-refractivity contribution is 5.97. The summed E-state index contributed by atoms with van der Waals surface area (Å²) in [4.78, 5) is 28.2. The van der Waals surface area contributed by atoms with Crippen molar-refractivity contribution in [3.8, 4) is 0 Å². The first-order chi connectivity index (χ1) is 12.6. The summed E-state index contributed by atoms with van der Waals surface area (Å²) < 4.78 is 11.0. The number of nitrogens with one attached hydrogen (secondary N) is 1. The van der Waals surface area contributed by atoms with Crippen LogP contribution in [0.5, 0.6) is 0 Å². The fourth-order valence-electron chi connectivity index (χ4n) is 3.36. The third-order valence-corrected chi connectivity index (χ3v) is 4.76. The van der Waals surface area contributed by atoms with Crippen molar-refractivity contribution in [2.75, 3.05) is 56.2 Å². The Kier molecular flexibility index (Phi) is 6.46. The molecule has 0 spiro atoms. The molecular formula is C19H27N3O4. The topological polar surface area (TPSA) is 71.1 Å². The predicted molar refractivity (Wildman–Crippen MR) is 99.3 cm³/mol. The van der Waals surface area contributed by atoms with E-state index in [1.807, 2.05) is 24.3 Å². The average Bonchev–Trinajstić information content (AvgIpc) is 3.15. The summed E-state index contributed by atoms with van der Waals surface area (Å²) >= 11 is 0. The van der Waals surface area contributed by atoms with E-state index in [1.165, 1.54) is 6.92 Å². The Balaban J connectivity index is 1.62. The number of carbonyl (C=O) groups is 2. The van der Waals surface area contributed by atoms with Crippen molar-refractivity contribution in [1.29, 1.82) is 0 Å². The summed E-state index contributed by atoms with van der Waals surface area (Å²) in [6.07, 6.45) is 1.98. The number of anilines is 2. The number of carbonyl (C=O) groups excluding carboxylic acids is 2. The summed E-state index contributed by atoms with van der Waals surface area (Å²) in [5, 5.41) is 2.96. The largest absolute Gasteiger partial charge is 0.378 e. The van der Waals surface area contributed by atoms with Crippen molar-refractivity contribution in [2.45, 2.75) is 25.9 Å². The SMILES string of the molecule is CC(=O)N(CC(=O)Nc1ccccc1N1CCOCC1)CC1CCCO1. The highest BCUT2D eigenvalue weighted by Crippen LogP contribution is 2.26. The zero-order valence-corrected chi connectivity index (χ0v) is 15.3. The predicted octanol–water partition coefficient (Wildman–Crippen LogP) is 1.49. The Morgan fingerprint density at radius 1 is 1.23 bits per heavy atom. The summed E-state index contributed by atoms with van der Waals surface area (Å²) in [5.74, 6) is -0.309. The van der Waals surface area contributed by atoms with Crippen LogP contribution in [0.15, 0.2) is 24.3 Å². The van der Waals surface area contributed by atoms with Gasteiger partial charge in [-0.1, -0.05) is 12.1 Å². The van der Waals surface area contributed by atoms with Gasteiger partial charge in [-0.2, -0.15) is 0 Å². The van der Waals surface area contributed by atoms with E-state index in [0.29, 0.717) is 19.8 Å². The number of para-hydroxylation sites is 2. The molecule has 26 heavy (non-hydrogen) atoms. The third-order valence-electron chi connectivity index (χ3n) is 4.76. The molecule has 0 aromatic heterocycles. The van der Waals surface area contributed by atoms with Crippen LogP contribution in [0.3, 0.4) is 0 Å². The molecule has 2 aliphatic heterocycles. The number of ether oxygens (including phenoxy) is 2. The zero-order chi connectivity index (χ0) is 18.4. The van der Waals surface area contributed by atoms with E-state index in [9.17, 15) is 9.59 Å². The maximum Gasteiger partial charge on any atom is 0.244 e. The lowest BCUT2D eigenvalue weighted by molar-refractivity contribution is -0.134. The van der Waals surface area contributed by atoms with Gasteiger partial charge in [-0.3, -0.25) is 9.59 Å². The number of hydrogen-bond acceptors (Lipinski definition) is 5. The minimum Gasteiger partial charge on any atom is -0.378 e. The van der Waals surface area contributed by atoms with Crippen LogP contribution in [-0.2, 0) is 19.1 Å². The fraction of sp³-hybridized carbons (Fsp3) is 0.579. The summed E-state index contributed by atoms with van der Waals surface area (Å²) in [7, 11) is 0. The maximum atomic E-state index is 12.5. The third kappa shape index (κ3) is 4.95. The molecule has 1 aromatic rings. The molecule has 2 heterocycles. The number of morpholine rings is 1. The quantitative estimate of drug-likeness (QED) is 0.831. The molecule has 2 fully saturated rings. The highest BCUT2D eigenvalue weighted by atomic mass is 16.5. The molecule has 1 N–H and O–H groups in total. The van der Waals surface area contributed by atoms with E-state index < -0.39 is 0 Å². The smallest absolute Gasteiger partial charge is 0.244 e. The second-order valence-corrected chi connectivity index (χ2v) is 6.70. The van der Waals surface area contributed by atoms with Crippen LogP contribution < -0.4 is 10.2 Å². The lowest BCUT2D eigenvalue weighted by atomic mass is 10.2. The van der Waals surface area contributed by atoms with Crippen LogP contribution in [0.4, 0.5) is 11.4 Å². The summed E-state index contributed by atoms with van der Waals surface area (Å²) in [6.45, 7) is 5.68. The first kappa shape index (κ1) is 18.7. The maximum absolute atomic E-state index is 12.5. The molecule has 2 aliphatic rings. The van der Waals surface area contributed by atoms with Crippen molar-refractivity contribution >= 4 is 23.2 Å². The molecule has 7 nitrogen and oxygen atoms in total. The monoisotopic (exact) mass is 361 g/mol. The Bertz CT molecular complexity index is 625. The van der Waals surface area contributed by atoms with Gasteiger partial charge in [0, 0.05) is 33.2 Å². The molecule has 7 heteroatoms. The number of rotatable bonds is 6. The molecule has 3 rings (SSSR count). The lowest BCUT2D eigenvalue weighted by Gasteiger charge is -2.30. The van der Waals surface area contributed by atoms with E-state index in [2.05, 4.69) is 10.2 Å². The molecule has 0 radical (unpaired) electrons. The molecule has 2 saturated heterocycles. The number of nitrogens with zero attached hydrogens (tertiary/aromatic N) is 2. The van der Waals surface area contributed by atoms with Gasteiger partial charge in [0.05, 0.1) is 37.2 Å². The van der Waals surface area contributed by atoms with Crippen LogP contribution >= 0.6 is 0 Å². The molecule has 0 saturated carbocycles. The van der Waals surface area contributed by atoms with E-state index in [4.69, 9.17) is 9.47 Å². The van der Waals surface area contributed by atoms with Crippen molar-refractivity contribution in [3.05, 3.63) is 24.3 Å². The molecule has 2 amide bonds. The Labute approximate surface area is 154 Å². The van der Waals surface area contributed by atoms with Crippen LogP contribution in [-0.4, -0.2) is 68.8 Å². The molecule has 1 unspecified atom stereocenters. The van der Waals surface area contributed by atoms with E-state index >= 15 is 0 Å². The van der Waals surface area contributed by atoms with Crippen molar-refractivity contribution in [2.24, 2.45) is 0 Å². The van der Waals surface area contributed by atoms with E-state index in [0.717, 1.165) is 43.9 Å². The Morgan fingerprint density at radius 2 is 2.00 bits per heavy atom. The lowest BCUT2D eigenvalue weighted by Crippen LogP contribution is -2.41. The fourth-order valence-corrected chi connectivity index (χ4v) is 3.36. The Hall–Kier alpha value is -2.12. The molecule has 142 valence electrons. The first-order valence-electron chi connectivity index (χ1n) is 9.22. The van der Waals surface area contributed by atoms with Crippen molar-refractivity contribution in [1.82, 2.24) is 4.90 Å². The molecule has 1 atom stereocenters. The van der Waals surface area contributed by atoms with Crippen molar-refractivity contribution in [3.63, 3.8) is 0 Å². The van der Waals surface area contributed by atoms with Gasteiger partial charge in [0.15, 0.2) is 0 Å².